The van der Waals surface area contributed by atoms with Crippen LogP contribution in [0.4, 0.5) is 5.69 Å². The molecule has 2 amide bonds. The van der Waals surface area contributed by atoms with E-state index in [0.717, 1.165) is 0 Å². The minimum atomic E-state index is -0.286. The monoisotopic (exact) mass is 316 g/mol. The van der Waals surface area contributed by atoms with E-state index in [1.165, 1.54) is 6.26 Å². The van der Waals surface area contributed by atoms with E-state index in [1.54, 1.807) is 30.3 Å². The van der Waals surface area contributed by atoms with Gasteiger partial charge in [-0.15, -0.1) is 0 Å². The first-order chi connectivity index (χ1) is 11.2. The Labute approximate surface area is 132 Å². The number of fused-ring (bicyclic) bond motifs is 1. The number of hydrogen-bond acceptors (Lipinski definition) is 5. The zero-order valence-corrected chi connectivity index (χ0v) is 12.3. The van der Waals surface area contributed by atoms with Crippen LogP contribution in [0, 0.1) is 0 Å². The molecule has 2 aromatic rings. The van der Waals surface area contributed by atoms with Gasteiger partial charge in [0.05, 0.1) is 6.26 Å². The van der Waals surface area contributed by atoms with Crippen LogP contribution in [0.3, 0.4) is 0 Å². The Morgan fingerprint density at radius 3 is 2.83 bits per heavy atom. The largest absolute Gasteiger partial charge is 0.459 e. The highest BCUT2D eigenvalue weighted by Gasteiger charge is 2.14. The van der Waals surface area contributed by atoms with Gasteiger partial charge in [-0.1, -0.05) is 0 Å². The summed E-state index contributed by atoms with van der Waals surface area (Å²) in [4.78, 5) is 23.5. The third-order valence-electron chi connectivity index (χ3n) is 3.27. The number of rotatable bonds is 6. The van der Waals surface area contributed by atoms with Crippen LogP contribution >= 0.6 is 0 Å². The van der Waals surface area contributed by atoms with Gasteiger partial charge in [0.2, 0.25) is 12.7 Å². The maximum absolute atomic E-state index is 11.9. The molecule has 0 unspecified atom stereocenters. The van der Waals surface area contributed by atoms with Crippen molar-refractivity contribution in [3.05, 3.63) is 42.4 Å². The summed E-state index contributed by atoms with van der Waals surface area (Å²) in [7, 11) is 0. The zero-order valence-electron chi connectivity index (χ0n) is 12.3. The van der Waals surface area contributed by atoms with Gasteiger partial charge in [-0.25, -0.2) is 0 Å². The Hall–Kier alpha value is -2.96. The molecule has 0 bridgehead atoms. The minimum Gasteiger partial charge on any atom is -0.459 e. The summed E-state index contributed by atoms with van der Waals surface area (Å²) in [6.07, 6.45) is 2.27. The second kappa shape index (κ2) is 6.87. The Kier molecular flexibility index (Phi) is 4.46. The third kappa shape index (κ3) is 3.82. The van der Waals surface area contributed by atoms with Crippen LogP contribution in [0.25, 0.3) is 0 Å². The highest BCUT2D eigenvalue weighted by Crippen LogP contribution is 2.34. The standard InChI is InChI=1S/C16H16N2O5/c19-15(4-1-7-17-16(20)13-3-2-8-21-13)18-11-5-6-12-14(9-11)23-10-22-12/h2-3,5-6,8-9H,1,4,7,10H2,(H,17,20)(H,18,19). The summed E-state index contributed by atoms with van der Waals surface area (Å²) in [6.45, 7) is 0.593. The average Bonchev–Trinajstić information content (AvgIpc) is 3.21. The van der Waals surface area contributed by atoms with Crippen molar-refractivity contribution in [1.29, 1.82) is 0 Å². The van der Waals surface area contributed by atoms with E-state index >= 15 is 0 Å². The van der Waals surface area contributed by atoms with E-state index < -0.39 is 0 Å². The number of nitrogens with one attached hydrogen (secondary N) is 2. The quantitative estimate of drug-likeness (QED) is 0.797. The lowest BCUT2D eigenvalue weighted by atomic mass is 10.2. The maximum Gasteiger partial charge on any atom is 0.286 e. The fraction of sp³-hybridized carbons (Fsp3) is 0.250. The van der Waals surface area contributed by atoms with Gasteiger partial charge in [-0.05, 0) is 30.7 Å². The van der Waals surface area contributed by atoms with Gasteiger partial charge in [0.15, 0.2) is 17.3 Å². The van der Waals surface area contributed by atoms with Crippen LogP contribution in [-0.4, -0.2) is 25.2 Å². The number of hydrogen-bond donors (Lipinski definition) is 2. The average molecular weight is 316 g/mol. The summed E-state index contributed by atoms with van der Waals surface area (Å²) in [5.41, 5.74) is 0.652. The normalized spacial score (nSPS) is 12.0. The topological polar surface area (TPSA) is 89.8 Å². The molecule has 0 saturated carbocycles. The smallest absolute Gasteiger partial charge is 0.286 e. The Morgan fingerprint density at radius 1 is 1.13 bits per heavy atom. The van der Waals surface area contributed by atoms with Crippen molar-refractivity contribution in [2.75, 3.05) is 18.7 Å². The molecule has 0 atom stereocenters. The zero-order chi connectivity index (χ0) is 16.1. The van der Waals surface area contributed by atoms with Gasteiger partial charge in [0, 0.05) is 24.7 Å². The summed E-state index contributed by atoms with van der Waals surface area (Å²) in [5.74, 6) is 1.13. The maximum atomic E-state index is 11.9. The van der Waals surface area contributed by atoms with Crippen molar-refractivity contribution in [3.8, 4) is 11.5 Å². The van der Waals surface area contributed by atoms with Gasteiger partial charge >= 0.3 is 0 Å². The molecule has 1 aliphatic heterocycles. The van der Waals surface area contributed by atoms with Crippen molar-refractivity contribution in [2.45, 2.75) is 12.8 Å². The molecule has 2 heterocycles. The summed E-state index contributed by atoms with van der Waals surface area (Å²) in [6, 6.07) is 8.46. The molecule has 3 rings (SSSR count). The number of anilines is 1. The van der Waals surface area contributed by atoms with Crippen molar-refractivity contribution in [2.24, 2.45) is 0 Å². The summed E-state index contributed by atoms with van der Waals surface area (Å²) >= 11 is 0. The molecular formula is C16H16N2O5. The molecule has 7 nitrogen and oxygen atoms in total. The van der Waals surface area contributed by atoms with Crippen LogP contribution in [0.2, 0.25) is 0 Å². The predicted molar refractivity (Wildman–Crippen MR) is 81.5 cm³/mol. The van der Waals surface area contributed by atoms with Crippen LogP contribution in [0.1, 0.15) is 23.4 Å². The van der Waals surface area contributed by atoms with Gasteiger partial charge in [0.1, 0.15) is 0 Å². The fourth-order valence-corrected chi connectivity index (χ4v) is 2.14. The number of benzene rings is 1. The van der Waals surface area contributed by atoms with Gasteiger partial charge in [-0.2, -0.15) is 0 Å². The van der Waals surface area contributed by atoms with E-state index in [2.05, 4.69) is 10.6 Å². The molecule has 0 aliphatic carbocycles. The predicted octanol–water partition coefficient (Wildman–Crippen LogP) is 2.16. The molecule has 1 aliphatic rings. The molecule has 1 aromatic heterocycles. The Morgan fingerprint density at radius 2 is 2.00 bits per heavy atom. The number of amides is 2. The van der Waals surface area contributed by atoms with E-state index in [1.807, 2.05) is 0 Å². The summed E-state index contributed by atoms with van der Waals surface area (Å²) < 4.78 is 15.4. The van der Waals surface area contributed by atoms with Crippen molar-refractivity contribution >= 4 is 17.5 Å². The Bertz CT molecular complexity index is 697. The molecule has 2 N–H and O–H groups in total. The molecule has 0 radical (unpaired) electrons. The molecule has 0 fully saturated rings. The lowest BCUT2D eigenvalue weighted by Crippen LogP contribution is -2.25. The third-order valence-corrected chi connectivity index (χ3v) is 3.27. The van der Waals surface area contributed by atoms with E-state index in [9.17, 15) is 9.59 Å². The number of carbonyl (C=O) groups excluding carboxylic acids is 2. The lowest BCUT2D eigenvalue weighted by Gasteiger charge is -2.06. The van der Waals surface area contributed by atoms with E-state index in [-0.39, 0.29) is 24.4 Å². The van der Waals surface area contributed by atoms with Crippen LogP contribution in [-0.2, 0) is 4.79 Å². The number of ether oxygens (including phenoxy) is 2. The van der Waals surface area contributed by atoms with Crippen molar-refractivity contribution in [1.82, 2.24) is 5.32 Å². The second-order valence-electron chi connectivity index (χ2n) is 4.95. The molecule has 7 heteroatoms. The SMILES string of the molecule is O=C(CCCNC(=O)c1ccco1)Nc1ccc2c(c1)OCO2. The van der Waals surface area contributed by atoms with Crippen LogP contribution in [0.5, 0.6) is 11.5 Å². The van der Waals surface area contributed by atoms with E-state index in [0.29, 0.717) is 36.6 Å². The molecule has 0 spiro atoms. The van der Waals surface area contributed by atoms with Crippen LogP contribution in [0.15, 0.2) is 41.0 Å². The molecule has 120 valence electrons. The number of furan rings is 1. The highest BCUT2D eigenvalue weighted by molar-refractivity contribution is 5.92. The first kappa shape index (κ1) is 15.0. The van der Waals surface area contributed by atoms with Crippen LogP contribution < -0.4 is 20.1 Å². The number of carbonyl (C=O) groups is 2. The summed E-state index contributed by atoms with van der Waals surface area (Å²) in [5, 5.41) is 5.47. The first-order valence-electron chi connectivity index (χ1n) is 7.23. The molecule has 0 saturated heterocycles. The molecule has 23 heavy (non-hydrogen) atoms. The van der Waals surface area contributed by atoms with Gasteiger partial charge in [0.25, 0.3) is 5.91 Å². The fourth-order valence-electron chi connectivity index (χ4n) is 2.14. The van der Waals surface area contributed by atoms with E-state index in [4.69, 9.17) is 13.9 Å². The van der Waals surface area contributed by atoms with Gasteiger partial charge in [-0.3, -0.25) is 9.59 Å². The highest BCUT2D eigenvalue weighted by atomic mass is 16.7. The van der Waals surface area contributed by atoms with Gasteiger partial charge < -0.3 is 24.5 Å². The molecular weight excluding hydrogens is 300 g/mol. The minimum absolute atomic E-state index is 0.129. The Balaban J connectivity index is 1.39. The second-order valence-corrected chi connectivity index (χ2v) is 4.95. The van der Waals surface area contributed by atoms with Crippen molar-refractivity contribution < 1.29 is 23.5 Å². The lowest BCUT2D eigenvalue weighted by molar-refractivity contribution is -0.116. The van der Waals surface area contributed by atoms with Crippen molar-refractivity contribution in [3.63, 3.8) is 0 Å². The first-order valence-corrected chi connectivity index (χ1v) is 7.23. The molecule has 1 aromatic carbocycles.